The average Bonchev–Trinajstić information content (AvgIpc) is 3.25. The summed E-state index contributed by atoms with van der Waals surface area (Å²) in [5, 5.41) is 9.66. The maximum atomic E-state index is 12.7. The SMILES string of the molecule is COc1ccc(-n2c(CCc3ccccc3)nnc2SCC(=O)N2CCCCC2)cc1. The van der Waals surface area contributed by atoms with Gasteiger partial charge in [-0.05, 0) is 55.5 Å². The van der Waals surface area contributed by atoms with Gasteiger partial charge in [0.1, 0.15) is 11.6 Å². The molecular weight excluding hydrogens is 408 g/mol. The van der Waals surface area contributed by atoms with Gasteiger partial charge < -0.3 is 9.64 Å². The first-order chi connectivity index (χ1) is 15.2. The molecule has 1 aliphatic heterocycles. The van der Waals surface area contributed by atoms with Crippen LogP contribution in [0, 0.1) is 0 Å². The van der Waals surface area contributed by atoms with Gasteiger partial charge in [0.2, 0.25) is 5.91 Å². The first-order valence-electron chi connectivity index (χ1n) is 10.8. The summed E-state index contributed by atoms with van der Waals surface area (Å²) in [5.74, 6) is 2.26. The minimum Gasteiger partial charge on any atom is -0.497 e. The summed E-state index contributed by atoms with van der Waals surface area (Å²) >= 11 is 1.46. The highest BCUT2D eigenvalue weighted by molar-refractivity contribution is 7.99. The van der Waals surface area contributed by atoms with Crippen molar-refractivity contribution in [3.05, 3.63) is 66.0 Å². The van der Waals surface area contributed by atoms with Crippen LogP contribution in [-0.2, 0) is 17.6 Å². The van der Waals surface area contributed by atoms with Crippen LogP contribution < -0.4 is 4.74 Å². The van der Waals surface area contributed by atoms with Crippen molar-refractivity contribution >= 4 is 17.7 Å². The normalized spacial score (nSPS) is 13.9. The standard InChI is InChI=1S/C24H28N4O2S/c1-30-21-13-11-20(12-14-21)28-22(15-10-19-8-4-2-5-9-19)25-26-24(28)31-18-23(29)27-16-6-3-7-17-27/h2,4-5,8-9,11-14H,3,6-7,10,15-18H2,1H3. The number of methoxy groups -OCH3 is 1. The third-order valence-electron chi connectivity index (χ3n) is 5.54. The van der Waals surface area contributed by atoms with Crippen LogP contribution in [0.4, 0.5) is 0 Å². The van der Waals surface area contributed by atoms with Gasteiger partial charge >= 0.3 is 0 Å². The van der Waals surface area contributed by atoms with Gasteiger partial charge in [0.15, 0.2) is 5.16 Å². The molecule has 1 fully saturated rings. The van der Waals surface area contributed by atoms with E-state index in [-0.39, 0.29) is 5.91 Å². The first-order valence-corrected chi connectivity index (χ1v) is 11.8. The molecule has 31 heavy (non-hydrogen) atoms. The van der Waals surface area contributed by atoms with E-state index < -0.39 is 0 Å². The van der Waals surface area contributed by atoms with Crippen molar-refractivity contribution in [2.45, 2.75) is 37.3 Å². The number of aromatic nitrogens is 3. The molecule has 0 bridgehead atoms. The number of amides is 1. The van der Waals surface area contributed by atoms with E-state index in [1.807, 2.05) is 35.2 Å². The Morgan fingerprint density at radius 1 is 0.968 bits per heavy atom. The molecule has 162 valence electrons. The minimum absolute atomic E-state index is 0.180. The second-order valence-corrected chi connectivity index (χ2v) is 8.59. The zero-order valence-electron chi connectivity index (χ0n) is 17.9. The fourth-order valence-corrected chi connectivity index (χ4v) is 4.68. The summed E-state index contributed by atoms with van der Waals surface area (Å²) in [5.41, 5.74) is 2.24. The van der Waals surface area contributed by atoms with E-state index in [1.54, 1.807) is 7.11 Å². The van der Waals surface area contributed by atoms with Crippen LogP contribution in [0.1, 0.15) is 30.7 Å². The molecule has 0 unspecified atom stereocenters. The van der Waals surface area contributed by atoms with Gasteiger partial charge in [-0.2, -0.15) is 0 Å². The van der Waals surface area contributed by atoms with Crippen molar-refractivity contribution in [1.82, 2.24) is 19.7 Å². The summed E-state index contributed by atoms with van der Waals surface area (Å²) in [6.45, 7) is 1.74. The Morgan fingerprint density at radius 3 is 2.42 bits per heavy atom. The van der Waals surface area contributed by atoms with Crippen LogP contribution in [0.2, 0.25) is 0 Å². The number of likely N-dealkylation sites (tertiary alicyclic amines) is 1. The Hall–Kier alpha value is -2.80. The van der Waals surface area contributed by atoms with Gasteiger partial charge in [-0.25, -0.2) is 0 Å². The molecule has 6 nitrogen and oxygen atoms in total. The zero-order chi connectivity index (χ0) is 21.5. The first kappa shape index (κ1) is 21.4. The molecule has 7 heteroatoms. The van der Waals surface area contributed by atoms with E-state index in [2.05, 4.69) is 39.0 Å². The third kappa shape index (κ3) is 5.47. The highest BCUT2D eigenvalue weighted by atomic mass is 32.2. The number of thioether (sulfide) groups is 1. The number of nitrogens with zero attached hydrogens (tertiary/aromatic N) is 4. The molecule has 1 saturated heterocycles. The van der Waals surface area contributed by atoms with Gasteiger partial charge in [-0.15, -0.1) is 10.2 Å². The van der Waals surface area contributed by atoms with Crippen molar-refractivity contribution in [3.63, 3.8) is 0 Å². The van der Waals surface area contributed by atoms with Gasteiger partial charge in [-0.1, -0.05) is 42.1 Å². The van der Waals surface area contributed by atoms with Gasteiger partial charge in [0, 0.05) is 25.2 Å². The van der Waals surface area contributed by atoms with Crippen molar-refractivity contribution in [2.75, 3.05) is 26.0 Å². The molecule has 4 rings (SSSR count). The average molecular weight is 437 g/mol. The molecule has 0 radical (unpaired) electrons. The Balaban J connectivity index is 1.53. The predicted molar refractivity (Wildman–Crippen MR) is 123 cm³/mol. The van der Waals surface area contributed by atoms with Gasteiger partial charge in [0.25, 0.3) is 0 Å². The number of hydrogen-bond acceptors (Lipinski definition) is 5. The minimum atomic E-state index is 0.180. The maximum absolute atomic E-state index is 12.7. The Bertz CT molecular complexity index is 983. The Morgan fingerprint density at radius 2 is 1.71 bits per heavy atom. The number of piperidine rings is 1. The quantitative estimate of drug-likeness (QED) is 0.496. The summed E-state index contributed by atoms with van der Waals surface area (Å²) < 4.78 is 7.37. The number of hydrogen-bond donors (Lipinski definition) is 0. The molecule has 3 aromatic rings. The van der Waals surface area contributed by atoms with Crippen LogP contribution in [-0.4, -0.2) is 51.5 Å². The van der Waals surface area contributed by atoms with E-state index in [0.717, 1.165) is 61.2 Å². The lowest BCUT2D eigenvalue weighted by Crippen LogP contribution is -2.36. The van der Waals surface area contributed by atoms with E-state index >= 15 is 0 Å². The van der Waals surface area contributed by atoms with Crippen LogP contribution >= 0.6 is 11.8 Å². The lowest BCUT2D eigenvalue weighted by atomic mass is 10.1. The second-order valence-electron chi connectivity index (χ2n) is 7.65. The summed E-state index contributed by atoms with van der Waals surface area (Å²) in [4.78, 5) is 14.6. The highest BCUT2D eigenvalue weighted by Crippen LogP contribution is 2.25. The summed E-state index contributed by atoms with van der Waals surface area (Å²) in [6, 6.07) is 18.3. The largest absolute Gasteiger partial charge is 0.497 e. The number of aryl methyl sites for hydroxylation is 2. The van der Waals surface area contributed by atoms with Crippen molar-refractivity contribution in [2.24, 2.45) is 0 Å². The van der Waals surface area contributed by atoms with Crippen LogP contribution in [0.15, 0.2) is 59.8 Å². The smallest absolute Gasteiger partial charge is 0.233 e. The number of ether oxygens (including phenoxy) is 1. The fourth-order valence-electron chi connectivity index (χ4n) is 3.81. The molecule has 0 atom stereocenters. The molecule has 2 heterocycles. The fraction of sp³-hybridized carbons (Fsp3) is 0.375. The maximum Gasteiger partial charge on any atom is 0.233 e. The Kier molecular flexibility index (Phi) is 7.25. The summed E-state index contributed by atoms with van der Waals surface area (Å²) in [6.07, 6.45) is 5.06. The number of benzene rings is 2. The molecule has 0 N–H and O–H groups in total. The zero-order valence-corrected chi connectivity index (χ0v) is 18.7. The van der Waals surface area contributed by atoms with E-state index in [1.165, 1.54) is 23.7 Å². The molecule has 0 saturated carbocycles. The highest BCUT2D eigenvalue weighted by Gasteiger charge is 2.20. The van der Waals surface area contributed by atoms with E-state index in [0.29, 0.717) is 5.75 Å². The second kappa shape index (κ2) is 10.5. The van der Waals surface area contributed by atoms with E-state index in [4.69, 9.17) is 4.74 Å². The Labute approximate surface area is 187 Å². The molecular formula is C24H28N4O2S. The van der Waals surface area contributed by atoms with Gasteiger partial charge in [0.05, 0.1) is 12.9 Å². The van der Waals surface area contributed by atoms with Crippen molar-refractivity contribution in [3.8, 4) is 11.4 Å². The molecule has 1 aliphatic rings. The van der Waals surface area contributed by atoms with Crippen molar-refractivity contribution in [1.29, 1.82) is 0 Å². The molecule has 2 aromatic carbocycles. The summed E-state index contributed by atoms with van der Waals surface area (Å²) in [7, 11) is 1.66. The molecule has 0 aliphatic carbocycles. The molecule has 1 aromatic heterocycles. The topological polar surface area (TPSA) is 60.2 Å². The molecule has 1 amide bonds. The van der Waals surface area contributed by atoms with Crippen LogP contribution in [0.3, 0.4) is 0 Å². The lowest BCUT2D eigenvalue weighted by molar-refractivity contribution is -0.129. The monoisotopic (exact) mass is 436 g/mol. The number of rotatable bonds is 8. The van der Waals surface area contributed by atoms with Crippen LogP contribution in [0.5, 0.6) is 5.75 Å². The van der Waals surface area contributed by atoms with Gasteiger partial charge in [-0.3, -0.25) is 9.36 Å². The van der Waals surface area contributed by atoms with Crippen molar-refractivity contribution < 1.29 is 9.53 Å². The predicted octanol–water partition coefficient (Wildman–Crippen LogP) is 4.17. The van der Waals surface area contributed by atoms with E-state index in [9.17, 15) is 4.79 Å². The third-order valence-corrected chi connectivity index (χ3v) is 6.46. The lowest BCUT2D eigenvalue weighted by Gasteiger charge is -2.26. The number of carbonyl (C=O) groups excluding carboxylic acids is 1. The number of carbonyl (C=O) groups is 1. The molecule has 0 spiro atoms. The van der Waals surface area contributed by atoms with Crippen LogP contribution in [0.25, 0.3) is 5.69 Å².